The number of carbonyl (C=O) groups excluding carboxylic acids is 1. The predicted octanol–water partition coefficient (Wildman–Crippen LogP) is 3.92. The monoisotopic (exact) mass is 334 g/mol. The molecule has 7 heteroatoms. The van der Waals surface area contributed by atoms with Gasteiger partial charge in [0.15, 0.2) is 5.58 Å². The first kappa shape index (κ1) is 14.7. The summed E-state index contributed by atoms with van der Waals surface area (Å²) in [6.45, 7) is 0. The van der Waals surface area contributed by atoms with E-state index in [1.807, 2.05) is 24.3 Å². The van der Waals surface area contributed by atoms with E-state index < -0.39 is 0 Å². The van der Waals surface area contributed by atoms with Crippen molar-refractivity contribution >= 4 is 46.1 Å². The zero-order valence-electron chi connectivity index (χ0n) is 11.2. The summed E-state index contributed by atoms with van der Waals surface area (Å²) in [5, 5.41) is 13.1. The number of oxazole rings is 1. The molecule has 0 radical (unpaired) electrons. The fraction of sp³-hybridized carbons (Fsp3) is 0.0667. The molecule has 0 bridgehead atoms. The molecule has 2 aromatic carbocycles. The lowest BCUT2D eigenvalue weighted by Crippen LogP contribution is -2.14. The van der Waals surface area contributed by atoms with Crippen LogP contribution in [0.25, 0.3) is 11.1 Å². The highest BCUT2D eigenvalue weighted by Gasteiger charge is 2.11. The molecular weight excluding hydrogens is 324 g/mol. The van der Waals surface area contributed by atoms with Gasteiger partial charge in [-0.3, -0.25) is 4.79 Å². The summed E-state index contributed by atoms with van der Waals surface area (Å²) >= 11 is 7.00. The molecule has 5 nitrogen and oxygen atoms in total. The number of fused-ring (bicyclic) bond motifs is 1. The number of halogens is 1. The van der Waals surface area contributed by atoms with E-state index in [-0.39, 0.29) is 23.1 Å². The molecule has 0 fully saturated rings. The number of aromatic hydroxyl groups is 1. The van der Waals surface area contributed by atoms with Crippen molar-refractivity contribution in [2.24, 2.45) is 0 Å². The molecule has 0 unspecified atom stereocenters. The molecule has 3 aromatic rings. The number of thioether (sulfide) groups is 1. The van der Waals surface area contributed by atoms with E-state index in [1.165, 1.54) is 23.9 Å². The van der Waals surface area contributed by atoms with Crippen molar-refractivity contribution in [1.82, 2.24) is 4.98 Å². The minimum absolute atomic E-state index is 0.0374. The number of phenols is 1. The number of nitrogens with one attached hydrogen (secondary N) is 1. The van der Waals surface area contributed by atoms with E-state index in [0.29, 0.717) is 15.8 Å². The van der Waals surface area contributed by atoms with Gasteiger partial charge in [-0.05, 0) is 30.3 Å². The number of nitrogens with zero attached hydrogens (tertiary/aromatic N) is 1. The number of hydrogen-bond acceptors (Lipinski definition) is 5. The molecule has 0 aliphatic rings. The summed E-state index contributed by atoms with van der Waals surface area (Å²) in [5.41, 5.74) is 1.70. The second-order valence-electron chi connectivity index (χ2n) is 4.45. The van der Waals surface area contributed by atoms with Crippen LogP contribution in [0.1, 0.15) is 0 Å². The molecule has 22 heavy (non-hydrogen) atoms. The molecule has 0 spiro atoms. The third-order valence-electron chi connectivity index (χ3n) is 2.83. The second-order valence-corrected chi connectivity index (χ2v) is 5.81. The van der Waals surface area contributed by atoms with Crippen LogP contribution >= 0.6 is 23.4 Å². The van der Waals surface area contributed by atoms with Gasteiger partial charge in [-0.1, -0.05) is 35.5 Å². The molecule has 112 valence electrons. The number of para-hydroxylation sites is 2. The van der Waals surface area contributed by atoms with Crippen LogP contribution in [0.2, 0.25) is 5.02 Å². The molecule has 0 saturated heterocycles. The first-order chi connectivity index (χ1) is 10.6. The van der Waals surface area contributed by atoms with Crippen molar-refractivity contribution in [2.75, 3.05) is 11.1 Å². The molecule has 1 amide bonds. The van der Waals surface area contributed by atoms with Crippen molar-refractivity contribution in [3.8, 4) is 5.75 Å². The first-order valence-electron chi connectivity index (χ1n) is 6.38. The fourth-order valence-electron chi connectivity index (χ4n) is 1.83. The topological polar surface area (TPSA) is 75.4 Å². The largest absolute Gasteiger partial charge is 0.506 e. The number of amides is 1. The Morgan fingerprint density at radius 2 is 2.14 bits per heavy atom. The van der Waals surface area contributed by atoms with Crippen LogP contribution in [0.15, 0.2) is 52.1 Å². The average molecular weight is 335 g/mol. The Morgan fingerprint density at radius 3 is 2.95 bits per heavy atom. The van der Waals surface area contributed by atoms with Gasteiger partial charge in [0.25, 0.3) is 5.22 Å². The van der Waals surface area contributed by atoms with Gasteiger partial charge in [0.05, 0.1) is 11.4 Å². The minimum Gasteiger partial charge on any atom is -0.506 e. The van der Waals surface area contributed by atoms with Gasteiger partial charge in [-0.15, -0.1) is 0 Å². The zero-order valence-corrected chi connectivity index (χ0v) is 12.8. The van der Waals surface area contributed by atoms with E-state index in [0.717, 1.165) is 5.52 Å². The number of hydrogen-bond donors (Lipinski definition) is 2. The number of anilines is 1. The van der Waals surface area contributed by atoms with Crippen molar-refractivity contribution < 1.29 is 14.3 Å². The van der Waals surface area contributed by atoms with Crippen LogP contribution < -0.4 is 5.32 Å². The van der Waals surface area contributed by atoms with E-state index in [1.54, 1.807) is 6.07 Å². The SMILES string of the molecule is O=C(CSc1nc2ccccc2o1)Nc1cc(Cl)ccc1O. The molecule has 0 aliphatic heterocycles. The summed E-state index contributed by atoms with van der Waals surface area (Å²) in [4.78, 5) is 16.2. The molecule has 3 rings (SSSR count). The smallest absolute Gasteiger partial charge is 0.257 e. The number of benzene rings is 2. The van der Waals surface area contributed by atoms with Gasteiger partial charge >= 0.3 is 0 Å². The van der Waals surface area contributed by atoms with Crippen molar-refractivity contribution in [3.05, 3.63) is 47.5 Å². The van der Waals surface area contributed by atoms with Gasteiger partial charge in [-0.2, -0.15) is 0 Å². The number of phenolic OH excluding ortho intramolecular Hbond substituents is 1. The normalized spacial score (nSPS) is 10.8. The number of carbonyl (C=O) groups is 1. The lowest BCUT2D eigenvalue weighted by atomic mass is 10.3. The average Bonchev–Trinajstić information content (AvgIpc) is 2.92. The fourth-order valence-corrected chi connectivity index (χ4v) is 2.65. The van der Waals surface area contributed by atoms with Crippen molar-refractivity contribution in [1.29, 1.82) is 0 Å². The van der Waals surface area contributed by atoms with Gasteiger partial charge in [0, 0.05) is 5.02 Å². The predicted molar refractivity (Wildman–Crippen MR) is 86.5 cm³/mol. The lowest BCUT2D eigenvalue weighted by molar-refractivity contribution is -0.113. The molecule has 1 aromatic heterocycles. The Labute approximate surface area is 135 Å². The Bertz CT molecular complexity index is 802. The molecular formula is C15H11ClN2O3S. The van der Waals surface area contributed by atoms with Crippen LogP contribution in [-0.2, 0) is 4.79 Å². The van der Waals surface area contributed by atoms with Crippen LogP contribution in [0.5, 0.6) is 5.75 Å². The molecule has 0 saturated carbocycles. The summed E-state index contributed by atoms with van der Waals surface area (Å²) in [7, 11) is 0. The third-order valence-corrected chi connectivity index (χ3v) is 3.90. The third kappa shape index (κ3) is 3.35. The maximum atomic E-state index is 11.9. The molecule has 2 N–H and O–H groups in total. The van der Waals surface area contributed by atoms with E-state index in [9.17, 15) is 9.90 Å². The summed E-state index contributed by atoms with van der Waals surface area (Å²) in [5.74, 6) is -0.215. The summed E-state index contributed by atoms with van der Waals surface area (Å²) < 4.78 is 5.51. The van der Waals surface area contributed by atoms with E-state index in [4.69, 9.17) is 16.0 Å². The molecule has 0 aliphatic carbocycles. The van der Waals surface area contributed by atoms with Gasteiger partial charge in [-0.25, -0.2) is 4.98 Å². The number of aromatic nitrogens is 1. The van der Waals surface area contributed by atoms with Crippen molar-refractivity contribution in [3.63, 3.8) is 0 Å². The van der Waals surface area contributed by atoms with Crippen LogP contribution in [-0.4, -0.2) is 21.8 Å². The van der Waals surface area contributed by atoms with Gasteiger partial charge < -0.3 is 14.8 Å². The first-order valence-corrected chi connectivity index (χ1v) is 7.75. The second kappa shape index (κ2) is 6.29. The Kier molecular flexibility index (Phi) is 4.22. The molecule has 0 atom stereocenters. The Hall–Kier alpha value is -2.18. The Morgan fingerprint density at radius 1 is 1.32 bits per heavy atom. The van der Waals surface area contributed by atoms with E-state index >= 15 is 0 Å². The Balaban J connectivity index is 1.63. The van der Waals surface area contributed by atoms with Crippen molar-refractivity contribution in [2.45, 2.75) is 5.22 Å². The van der Waals surface area contributed by atoms with Gasteiger partial charge in [0.2, 0.25) is 5.91 Å². The quantitative estimate of drug-likeness (QED) is 0.558. The van der Waals surface area contributed by atoms with Crippen LogP contribution in [0.4, 0.5) is 5.69 Å². The van der Waals surface area contributed by atoms with Crippen LogP contribution in [0, 0.1) is 0 Å². The summed E-state index contributed by atoms with van der Waals surface area (Å²) in [6.07, 6.45) is 0. The summed E-state index contributed by atoms with van der Waals surface area (Å²) in [6, 6.07) is 11.8. The van der Waals surface area contributed by atoms with Crippen LogP contribution in [0.3, 0.4) is 0 Å². The standard InChI is InChI=1S/C15H11ClN2O3S/c16-9-5-6-12(19)11(7-9)17-14(20)8-22-15-18-10-3-1-2-4-13(10)21-15/h1-7,19H,8H2,(H,17,20). The molecule has 1 heterocycles. The maximum absolute atomic E-state index is 11.9. The van der Waals surface area contributed by atoms with E-state index in [2.05, 4.69) is 10.3 Å². The maximum Gasteiger partial charge on any atom is 0.257 e. The zero-order chi connectivity index (χ0) is 15.5. The highest BCUT2D eigenvalue weighted by atomic mass is 35.5. The minimum atomic E-state index is -0.287. The van der Waals surface area contributed by atoms with Gasteiger partial charge in [0.1, 0.15) is 11.3 Å². The highest BCUT2D eigenvalue weighted by Crippen LogP contribution is 2.27. The highest BCUT2D eigenvalue weighted by molar-refractivity contribution is 7.99. The number of rotatable bonds is 4. The lowest BCUT2D eigenvalue weighted by Gasteiger charge is -2.06.